The number of nitrogens with one attached hydrogen (secondary N) is 1. The van der Waals surface area contributed by atoms with E-state index in [1.165, 1.54) is 0 Å². The summed E-state index contributed by atoms with van der Waals surface area (Å²) < 4.78 is 5.39. The average molecular weight is 298 g/mol. The Morgan fingerprint density at radius 2 is 2.15 bits per heavy atom. The lowest BCUT2D eigenvalue weighted by Gasteiger charge is -2.38. The number of carbonyl (C=O) groups is 2. The minimum atomic E-state index is -1.06. The molecule has 0 aromatic heterocycles. The number of aliphatic carboxylic acids is 1. The van der Waals surface area contributed by atoms with E-state index < -0.39 is 11.5 Å². The Balaban J connectivity index is 1.77. The maximum absolute atomic E-state index is 11.7. The van der Waals surface area contributed by atoms with Crippen molar-refractivity contribution in [3.8, 4) is 5.75 Å². The van der Waals surface area contributed by atoms with E-state index in [0.29, 0.717) is 23.6 Å². The van der Waals surface area contributed by atoms with Gasteiger partial charge in [0.2, 0.25) is 5.91 Å². The van der Waals surface area contributed by atoms with E-state index in [2.05, 4.69) is 5.32 Å². The summed E-state index contributed by atoms with van der Waals surface area (Å²) in [5.74, 6) is -0.691. The van der Waals surface area contributed by atoms with Crippen molar-refractivity contribution in [2.45, 2.75) is 31.2 Å². The summed E-state index contributed by atoms with van der Waals surface area (Å²) >= 11 is 5.81. The molecule has 1 saturated carbocycles. The molecule has 0 bridgehead atoms. The monoisotopic (exact) mass is 297 g/mol. The van der Waals surface area contributed by atoms with Crippen molar-refractivity contribution in [3.63, 3.8) is 0 Å². The van der Waals surface area contributed by atoms with Crippen molar-refractivity contribution in [1.82, 2.24) is 5.32 Å². The van der Waals surface area contributed by atoms with Crippen LogP contribution in [-0.2, 0) is 9.59 Å². The number of hydrogen-bond acceptors (Lipinski definition) is 3. The lowest BCUT2D eigenvalue weighted by molar-refractivity contribution is -0.151. The first-order valence-electron chi connectivity index (χ1n) is 6.45. The second-order valence-corrected chi connectivity index (χ2v) is 5.28. The molecule has 1 aliphatic carbocycles. The lowest BCUT2D eigenvalue weighted by atomic mass is 9.76. The van der Waals surface area contributed by atoms with Crippen LogP contribution in [0.4, 0.5) is 0 Å². The van der Waals surface area contributed by atoms with Gasteiger partial charge < -0.3 is 15.2 Å². The molecule has 2 rings (SSSR count). The minimum Gasteiger partial charge on any atom is -0.493 e. The van der Waals surface area contributed by atoms with Crippen LogP contribution in [-0.4, -0.2) is 29.1 Å². The summed E-state index contributed by atoms with van der Waals surface area (Å²) in [4.78, 5) is 22.8. The Kier molecular flexibility index (Phi) is 4.49. The molecule has 0 atom stereocenters. The molecule has 1 amide bonds. The molecule has 0 radical (unpaired) electrons. The van der Waals surface area contributed by atoms with Gasteiger partial charge in [0.15, 0.2) is 0 Å². The van der Waals surface area contributed by atoms with Gasteiger partial charge in [-0.15, -0.1) is 0 Å². The van der Waals surface area contributed by atoms with Gasteiger partial charge in [-0.2, -0.15) is 0 Å². The smallest absolute Gasteiger partial charge is 0.329 e. The van der Waals surface area contributed by atoms with Gasteiger partial charge in [0.05, 0.1) is 13.0 Å². The summed E-state index contributed by atoms with van der Waals surface area (Å²) in [6.07, 6.45) is 1.92. The Labute approximate surface area is 121 Å². The van der Waals surface area contributed by atoms with E-state index in [1.807, 2.05) is 0 Å². The first-order chi connectivity index (χ1) is 9.52. The van der Waals surface area contributed by atoms with Crippen LogP contribution >= 0.6 is 11.6 Å². The van der Waals surface area contributed by atoms with Crippen molar-refractivity contribution < 1.29 is 19.4 Å². The van der Waals surface area contributed by atoms with Crippen molar-refractivity contribution in [2.75, 3.05) is 6.61 Å². The van der Waals surface area contributed by atoms with Crippen LogP contribution in [0.5, 0.6) is 5.75 Å². The molecule has 2 N–H and O–H groups in total. The highest BCUT2D eigenvalue weighted by molar-refractivity contribution is 6.30. The predicted octanol–water partition coefficient (Wildman–Crippen LogP) is 2.23. The molecule has 0 heterocycles. The maximum atomic E-state index is 11.7. The molecule has 0 spiro atoms. The van der Waals surface area contributed by atoms with E-state index in [1.54, 1.807) is 24.3 Å². The van der Waals surface area contributed by atoms with E-state index in [4.69, 9.17) is 21.4 Å². The zero-order valence-electron chi connectivity index (χ0n) is 10.9. The highest BCUT2D eigenvalue weighted by Crippen LogP contribution is 2.32. The molecule has 5 nitrogen and oxygen atoms in total. The highest BCUT2D eigenvalue weighted by Gasteiger charge is 2.45. The minimum absolute atomic E-state index is 0.113. The summed E-state index contributed by atoms with van der Waals surface area (Å²) in [7, 11) is 0. The van der Waals surface area contributed by atoms with Crippen LogP contribution in [0.15, 0.2) is 24.3 Å². The Morgan fingerprint density at radius 3 is 2.70 bits per heavy atom. The van der Waals surface area contributed by atoms with Gasteiger partial charge in [-0.25, -0.2) is 4.79 Å². The Morgan fingerprint density at radius 1 is 1.40 bits per heavy atom. The Hall–Kier alpha value is -1.75. The molecular weight excluding hydrogens is 282 g/mol. The van der Waals surface area contributed by atoms with Crippen LogP contribution in [0.1, 0.15) is 25.7 Å². The normalized spacial score (nSPS) is 16.1. The largest absolute Gasteiger partial charge is 0.493 e. The van der Waals surface area contributed by atoms with Gasteiger partial charge in [0.25, 0.3) is 0 Å². The van der Waals surface area contributed by atoms with Gasteiger partial charge in [-0.1, -0.05) is 17.7 Å². The van der Waals surface area contributed by atoms with Crippen molar-refractivity contribution in [2.24, 2.45) is 0 Å². The summed E-state index contributed by atoms with van der Waals surface area (Å²) in [6, 6.07) is 6.89. The lowest BCUT2D eigenvalue weighted by Crippen LogP contribution is -2.59. The van der Waals surface area contributed by atoms with Gasteiger partial charge in [0.1, 0.15) is 11.3 Å². The number of carbonyl (C=O) groups excluding carboxylic acids is 1. The molecule has 108 valence electrons. The number of benzene rings is 1. The molecular formula is C14H16ClNO4. The summed E-state index contributed by atoms with van der Waals surface area (Å²) in [5, 5.41) is 12.2. The summed E-state index contributed by atoms with van der Waals surface area (Å²) in [6.45, 7) is 0.182. The summed E-state index contributed by atoms with van der Waals surface area (Å²) in [5.41, 5.74) is -1.06. The van der Waals surface area contributed by atoms with Crippen LogP contribution in [0.3, 0.4) is 0 Å². The van der Waals surface area contributed by atoms with Crippen LogP contribution in [0.25, 0.3) is 0 Å². The van der Waals surface area contributed by atoms with Crippen molar-refractivity contribution in [1.29, 1.82) is 0 Å². The van der Waals surface area contributed by atoms with Crippen molar-refractivity contribution >= 4 is 23.5 Å². The Bertz CT molecular complexity index is 514. The fraction of sp³-hybridized carbons (Fsp3) is 0.429. The molecule has 0 aliphatic heterocycles. The number of carboxylic acids is 1. The zero-order valence-corrected chi connectivity index (χ0v) is 11.7. The molecule has 0 unspecified atom stereocenters. The molecule has 6 heteroatoms. The maximum Gasteiger partial charge on any atom is 0.329 e. The van der Waals surface area contributed by atoms with E-state index in [-0.39, 0.29) is 18.9 Å². The van der Waals surface area contributed by atoms with E-state index in [0.717, 1.165) is 6.42 Å². The predicted molar refractivity (Wildman–Crippen MR) is 73.9 cm³/mol. The van der Waals surface area contributed by atoms with Gasteiger partial charge in [-0.3, -0.25) is 4.79 Å². The van der Waals surface area contributed by atoms with E-state index >= 15 is 0 Å². The third-order valence-electron chi connectivity index (χ3n) is 3.39. The number of halogens is 1. The van der Waals surface area contributed by atoms with Gasteiger partial charge in [-0.05, 0) is 37.5 Å². The number of hydrogen-bond donors (Lipinski definition) is 2. The molecule has 1 aromatic rings. The standard InChI is InChI=1S/C14H16ClNO4/c15-10-3-1-4-11(9-10)20-8-5-12(17)16-14(13(18)19)6-2-7-14/h1,3-4,9H,2,5-8H2,(H,16,17)(H,18,19). The SMILES string of the molecule is O=C(CCOc1cccc(Cl)c1)NC1(C(=O)O)CCC1. The second kappa shape index (κ2) is 6.13. The van der Waals surface area contributed by atoms with Gasteiger partial charge in [0, 0.05) is 5.02 Å². The highest BCUT2D eigenvalue weighted by atomic mass is 35.5. The second-order valence-electron chi connectivity index (χ2n) is 4.84. The number of amides is 1. The molecule has 0 saturated heterocycles. The fourth-order valence-electron chi connectivity index (χ4n) is 2.07. The molecule has 20 heavy (non-hydrogen) atoms. The topological polar surface area (TPSA) is 75.6 Å². The molecule has 1 aromatic carbocycles. The third-order valence-corrected chi connectivity index (χ3v) is 3.62. The fourth-order valence-corrected chi connectivity index (χ4v) is 2.25. The van der Waals surface area contributed by atoms with Gasteiger partial charge >= 0.3 is 5.97 Å². The van der Waals surface area contributed by atoms with Crippen LogP contribution in [0, 0.1) is 0 Å². The average Bonchev–Trinajstić information content (AvgIpc) is 2.33. The number of rotatable bonds is 6. The number of ether oxygens (including phenoxy) is 1. The first kappa shape index (κ1) is 14.7. The third kappa shape index (κ3) is 3.42. The van der Waals surface area contributed by atoms with Crippen LogP contribution in [0.2, 0.25) is 5.02 Å². The molecule has 1 fully saturated rings. The molecule has 1 aliphatic rings. The number of carboxylic acid groups (broad SMARTS) is 1. The quantitative estimate of drug-likeness (QED) is 0.844. The van der Waals surface area contributed by atoms with Crippen LogP contribution < -0.4 is 10.1 Å². The van der Waals surface area contributed by atoms with E-state index in [9.17, 15) is 9.59 Å². The first-order valence-corrected chi connectivity index (χ1v) is 6.82. The zero-order chi connectivity index (χ0) is 14.6. The van der Waals surface area contributed by atoms with Crippen molar-refractivity contribution in [3.05, 3.63) is 29.3 Å².